The highest BCUT2D eigenvalue weighted by Crippen LogP contribution is 2.24. The summed E-state index contributed by atoms with van der Waals surface area (Å²) in [5, 5.41) is 3.02. The van der Waals surface area contributed by atoms with Crippen molar-refractivity contribution < 1.29 is 23.7 Å². The van der Waals surface area contributed by atoms with Gasteiger partial charge in [0.2, 0.25) is 5.91 Å². The maximum Gasteiger partial charge on any atom is 0.224 e. The molecule has 30 heavy (non-hydrogen) atoms. The molecule has 0 fully saturated rings. The van der Waals surface area contributed by atoms with Gasteiger partial charge < -0.3 is 30.0 Å². The summed E-state index contributed by atoms with van der Waals surface area (Å²) in [7, 11) is 1.59. The van der Waals surface area contributed by atoms with Gasteiger partial charge in [0, 0.05) is 13.7 Å². The first kappa shape index (κ1) is 31.5. The summed E-state index contributed by atoms with van der Waals surface area (Å²) < 4.78 is 22.6. The molecule has 7 nitrogen and oxygen atoms in total. The summed E-state index contributed by atoms with van der Waals surface area (Å²) in [6.45, 7) is 19.7. The quantitative estimate of drug-likeness (QED) is 0.358. The first-order valence-electron chi connectivity index (χ1n) is 11.4. The third-order valence-corrected chi connectivity index (χ3v) is 4.67. The van der Waals surface area contributed by atoms with E-state index in [2.05, 4.69) is 26.1 Å². The second-order valence-corrected chi connectivity index (χ2v) is 8.86. The lowest BCUT2D eigenvalue weighted by molar-refractivity contribution is -0.131. The first-order chi connectivity index (χ1) is 13.9. The van der Waals surface area contributed by atoms with Crippen molar-refractivity contribution in [3.05, 3.63) is 0 Å². The van der Waals surface area contributed by atoms with E-state index in [9.17, 15) is 4.79 Å². The lowest BCUT2D eigenvalue weighted by atomic mass is 9.87. The molecule has 182 valence electrons. The molecule has 3 N–H and O–H groups in total. The average Bonchev–Trinajstić information content (AvgIpc) is 2.66. The third kappa shape index (κ3) is 16.0. The first-order valence-corrected chi connectivity index (χ1v) is 11.4. The number of hydrogen-bond acceptors (Lipinski definition) is 6. The highest BCUT2D eigenvalue weighted by Gasteiger charge is 2.34. The molecule has 7 heteroatoms. The number of nitrogens with two attached hydrogens (primary N) is 1. The van der Waals surface area contributed by atoms with E-state index in [-0.39, 0.29) is 49.8 Å². The van der Waals surface area contributed by atoms with Gasteiger partial charge in [-0.05, 0) is 39.5 Å². The molecule has 0 bridgehead atoms. The minimum atomic E-state index is -0.774. The van der Waals surface area contributed by atoms with Crippen LogP contribution in [0.2, 0.25) is 0 Å². The van der Waals surface area contributed by atoms with Crippen LogP contribution in [0.15, 0.2) is 0 Å². The maximum atomic E-state index is 12.6. The summed E-state index contributed by atoms with van der Waals surface area (Å²) in [5.41, 5.74) is 5.44. The van der Waals surface area contributed by atoms with Crippen LogP contribution in [0.1, 0.15) is 81.6 Å². The molecule has 0 radical (unpaired) electrons. The van der Waals surface area contributed by atoms with E-state index in [0.29, 0.717) is 6.61 Å². The summed E-state index contributed by atoms with van der Waals surface area (Å²) in [5.74, 6) is -0.209. The average molecular weight is 435 g/mol. The number of carbonyl (C=O) groups is 1. The molecule has 1 atom stereocenters. The van der Waals surface area contributed by atoms with E-state index in [1.165, 1.54) is 0 Å². The van der Waals surface area contributed by atoms with Crippen molar-refractivity contribution in [1.29, 1.82) is 0 Å². The van der Waals surface area contributed by atoms with Gasteiger partial charge in [-0.3, -0.25) is 4.79 Å². The lowest BCUT2D eigenvalue weighted by Gasteiger charge is -2.35. The van der Waals surface area contributed by atoms with Crippen molar-refractivity contribution in [3.63, 3.8) is 0 Å². The predicted octanol–water partition coefficient (Wildman–Crippen LogP) is 3.88. The Kier molecular flexibility index (Phi) is 17.7. The number of hydrogen-bond donors (Lipinski definition) is 2. The van der Waals surface area contributed by atoms with Crippen molar-refractivity contribution in [2.24, 2.45) is 11.1 Å². The van der Waals surface area contributed by atoms with E-state index in [4.69, 9.17) is 24.7 Å². The van der Waals surface area contributed by atoms with E-state index in [1.54, 1.807) is 7.11 Å². The molecule has 0 spiro atoms. The third-order valence-electron chi connectivity index (χ3n) is 4.67. The molecule has 0 aliphatic heterocycles. The molecule has 0 saturated carbocycles. The number of ether oxygens (including phenoxy) is 4. The summed E-state index contributed by atoms with van der Waals surface area (Å²) in [6.07, 6.45) is 1.44. The largest absolute Gasteiger partial charge is 0.382 e. The molecule has 0 rings (SSSR count). The van der Waals surface area contributed by atoms with E-state index < -0.39 is 11.8 Å². The van der Waals surface area contributed by atoms with Crippen LogP contribution in [0.5, 0.6) is 0 Å². The standard InChI is InChI=1S/C21H44N2O5.C2H6/c1-9-20(6,7)10-11-26-18(22)12-19(24)23-21(13-25-8,14-27-16(2)3)15-28-17(4)5;1-2/h16-18H,9-15,22H2,1-8H3,(H,23,24);1-2H3. The van der Waals surface area contributed by atoms with Crippen molar-refractivity contribution in [1.82, 2.24) is 5.32 Å². The van der Waals surface area contributed by atoms with Gasteiger partial charge in [-0.15, -0.1) is 0 Å². The molecule has 1 unspecified atom stereocenters. The molecule has 1 amide bonds. The summed E-state index contributed by atoms with van der Waals surface area (Å²) in [6, 6.07) is 0. The number of rotatable bonds is 16. The van der Waals surface area contributed by atoms with Gasteiger partial charge >= 0.3 is 0 Å². The molecule has 0 aromatic carbocycles. The van der Waals surface area contributed by atoms with Crippen molar-refractivity contribution in [2.75, 3.05) is 33.5 Å². The zero-order chi connectivity index (χ0) is 23.8. The maximum absolute atomic E-state index is 12.6. The Morgan fingerprint density at radius 1 is 0.967 bits per heavy atom. The smallest absolute Gasteiger partial charge is 0.224 e. The van der Waals surface area contributed by atoms with Crippen molar-refractivity contribution >= 4 is 5.91 Å². The van der Waals surface area contributed by atoms with Gasteiger partial charge in [-0.25, -0.2) is 0 Å². The van der Waals surface area contributed by atoms with Crippen LogP contribution in [0.3, 0.4) is 0 Å². The zero-order valence-electron chi connectivity index (χ0n) is 21.3. The molecular formula is C23H50N2O5. The van der Waals surface area contributed by atoms with Gasteiger partial charge in [-0.2, -0.15) is 0 Å². The van der Waals surface area contributed by atoms with E-state index >= 15 is 0 Å². The lowest BCUT2D eigenvalue weighted by Crippen LogP contribution is -2.59. The fraction of sp³-hybridized carbons (Fsp3) is 0.957. The SMILES string of the molecule is CC.CCC(C)(C)CCOC(N)CC(=O)NC(COC)(COC(C)C)COC(C)C. The highest BCUT2D eigenvalue weighted by molar-refractivity contribution is 5.77. The fourth-order valence-electron chi connectivity index (χ4n) is 2.41. The zero-order valence-corrected chi connectivity index (χ0v) is 21.3. The Hall–Kier alpha value is -0.730. The van der Waals surface area contributed by atoms with Crippen LogP contribution in [0, 0.1) is 5.41 Å². The normalized spacial score (nSPS) is 13.2. The van der Waals surface area contributed by atoms with Gasteiger partial charge in [0.15, 0.2) is 0 Å². The van der Waals surface area contributed by atoms with Crippen LogP contribution < -0.4 is 11.1 Å². The van der Waals surface area contributed by atoms with Crippen LogP contribution in [-0.4, -0.2) is 63.4 Å². The monoisotopic (exact) mass is 434 g/mol. The molecule has 0 aliphatic carbocycles. The minimum Gasteiger partial charge on any atom is -0.382 e. The Labute approximate surface area is 185 Å². The van der Waals surface area contributed by atoms with Gasteiger partial charge in [0.1, 0.15) is 11.8 Å². The molecule has 0 aromatic rings. The van der Waals surface area contributed by atoms with Gasteiger partial charge in [0.25, 0.3) is 0 Å². The molecule has 0 saturated heterocycles. The Morgan fingerprint density at radius 2 is 1.47 bits per heavy atom. The van der Waals surface area contributed by atoms with Crippen LogP contribution >= 0.6 is 0 Å². The van der Waals surface area contributed by atoms with Gasteiger partial charge in [0.05, 0.1) is 38.4 Å². The Balaban J connectivity index is 0. The topological polar surface area (TPSA) is 92.0 Å². The second kappa shape index (κ2) is 16.9. The molecule has 0 aliphatic rings. The van der Waals surface area contributed by atoms with Crippen LogP contribution in [0.25, 0.3) is 0 Å². The number of nitrogens with one attached hydrogen (secondary N) is 1. The van der Waals surface area contributed by atoms with E-state index in [0.717, 1.165) is 12.8 Å². The second-order valence-electron chi connectivity index (χ2n) is 8.86. The molecule has 0 aromatic heterocycles. The van der Waals surface area contributed by atoms with Gasteiger partial charge in [-0.1, -0.05) is 41.0 Å². The number of amides is 1. The number of carbonyl (C=O) groups excluding carboxylic acids is 1. The fourth-order valence-corrected chi connectivity index (χ4v) is 2.41. The van der Waals surface area contributed by atoms with E-state index in [1.807, 2.05) is 41.5 Å². The van der Waals surface area contributed by atoms with Crippen LogP contribution in [0.4, 0.5) is 0 Å². The van der Waals surface area contributed by atoms with Crippen molar-refractivity contribution in [2.45, 2.75) is 106 Å². The predicted molar refractivity (Wildman–Crippen MR) is 124 cm³/mol. The summed E-state index contributed by atoms with van der Waals surface area (Å²) in [4.78, 5) is 12.6. The summed E-state index contributed by atoms with van der Waals surface area (Å²) >= 11 is 0. The Morgan fingerprint density at radius 3 is 1.87 bits per heavy atom. The Bertz CT molecular complexity index is 416. The van der Waals surface area contributed by atoms with Crippen LogP contribution in [-0.2, 0) is 23.7 Å². The molecule has 0 heterocycles. The van der Waals surface area contributed by atoms with Crippen molar-refractivity contribution in [3.8, 4) is 0 Å². The molecular weight excluding hydrogens is 384 g/mol. The highest BCUT2D eigenvalue weighted by atomic mass is 16.5. The number of methoxy groups -OCH3 is 1. The minimum absolute atomic E-state index is 0.0275.